The second-order valence-electron chi connectivity index (χ2n) is 3.82. The molecule has 2 atom stereocenters. The zero-order chi connectivity index (χ0) is 8.97. The first-order valence-corrected chi connectivity index (χ1v) is 4.95. The molecule has 1 saturated heterocycles. The Labute approximate surface area is 74.9 Å². The van der Waals surface area contributed by atoms with Gasteiger partial charge in [-0.25, -0.2) is 0 Å². The smallest absolute Gasteiger partial charge is 0.133 e. The summed E-state index contributed by atoms with van der Waals surface area (Å²) in [7, 11) is 0. The van der Waals surface area contributed by atoms with Gasteiger partial charge < -0.3 is 4.79 Å². The predicted molar refractivity (Wildman–Crippen MR) is 50.1 cm³/mol. The summed E-state index contributed by atoms with van der Waals surface area (Å²) in [5.41, 5.74) is 0. The Bertz CT molecular complexity index is 147. The molecule has 0 spiro atoms. The minimum atomic E-state index is 0.609. The number of nitrogens with zero attached hydrogens (tertiary/aromatic N) is 1. The third kappa shape index (κ3) is 2.31. The molecule has 2 nitrogen and oxygen atoms in total. The van der Waals surface area contributed by atoms with Gasteiger partial charge in [0, 0.05) is 12.6 Å². The quantitative estimate of drug-likeness (QED) is 0.599. The lowest BCUT2D eigenvalue weighted by Gasteiger charge is -2.36. The van der Waals surface area contributed by atoms with Gasteiger partial charge in [0.15, 0.2) is 0 Å². The SMILES string of the molecule is CC[C@@H]1CC[C@H](C)N(CC=O)C1. The molecule has 0 radical (unpaired) electrons. The molecule has 0 aliphatic carbocycles. The molecule has 2 heteroatoms. The zero-order valence-electron chi connectivity index (χ0n) is 8.12. The molecule has 1 aliphatic heterocycles. The number of hydrogen-bond acceptors (Lipinski definition) is 2. The van der Waals surface area contributed by atoms with Gasteiger partial charge in [-0.15, -0.1) is 0 Å². The Balaban J connectivity index is 2.41. The van der Waals surface area contributed by atoms with Gasteiger partial charge in [0.25, 0.3) is 0 Å². The lowest BCUT2D eigenvalue weighted by atomic mass is 9.92. The van der Waals surface area contributed by atoms with Crippen LogP contribution in [0.5, 0.6) is 0 Å². The number of piperidine rings is 1. The van der Waals surface area contributed by atoms with Crippen molar-refractivity contribution < 1.29 is 4.79 Å². The van der Waals surface area contributed by atoms with Crippen molar-refractivity contribution in [2.24, 2.45) is 5.92 Å². The van der Waals surface area contributed by atoms with Gasteiger partial charge in [0.2, 0.25) is 0 Å². The van der Waals surface area contributed by atoms with Crippen LogP contribution in [0, 0.1) is 5.92 Å². The number of carbonyl (C=O) groups excluding carboxylic acids is 1. The van der Waals surface area contributed by atoms with Crippen molar-refractivity contribution in [3.63, 3.8) is 0 Å². The van der Waals surface area contributed by atoms with Gasteiger partial charge in [0.05, 0.1) is 6.54 Å². The standard InChI is InChI=1S/C10H19NO/c1-3-10-5-4-9(2)11(8-10)6-7-12/h7,9-10H,3-6,8H2,1-2H3/t9-,10+/m0/s1. The van der Waals surface area contributed by atoms with Crippen molar-refractivity contribution in [3.05, 3.63) is 0 Å². The van der Waals surface area contributed by atoms with Crippen molar-refractivity contribution in [1.29, 1.82) is 0 Å². The zero-order valence-corrected chi connectivity index (χ0v) is 8.12. The molecular weight excluding hydrogens is 150 g/mol. The summed E-state index contributed by atoms with van der Waals surface area (Å²) < 4.78 is 0. The molecule has 1 aliphatic rings. The van der Waals surface area contributed by atoms with E-state index in [-0.39, 0.29) is 0 Å². The van der Waals surface area contributed by atoms with E-state index < -0.39 is 0 Å². The average molecular weight is 169 g/mol. The Morgan fingerprint density at radius 2 is 2.25 bits per heavy atom. The molecule has 70 valence electrons. The fourth-order valence-electron chi connectivity index (χ4n) is 1.95. The first-order chi connectivity index (χ1) is 5.77. The van der Waals surface area contributed by atoms with Crippen LogP contribution in [0.15, 0.2) is 0 Å². The fourth-order valence-corrected chi connectivity index (χ4v) is 1.95. The highest BCUT2D eigenvalue weighted by atomic mass is 16.1. The first-order valence-electron chi connectivity index (χ1n) is 4.95. The van der Waals surface area contributed by atoms with E-state index >= 15 is 0 Å². The molecule has 1 fully saturated rings. The number of aldehydes is 1. The maximum Gasteiger partial charge on any atom is 0.133 e. The predicted octanol–water partition coefficient (Wildman–Crippen LogP) is 1.70. The molecular formula is C10H19NO. The maximum absolute atomic E-state index is 10.4. The van der Waals surface area contributed by atoms with Gasteiger partial charge in [-0.1, -0.05) is 13.3 Å². The molecule has 0 aromatic rings. The van der Waals surface area contributed by atoms with Crippen LogP contribution in [-0.2, 0) is 4.79 Å². The summed E-state index contributed by atoms with van der Waals surface area (Å²) >= 11 is 0. The normalized spacial score (nSPS) is 31.8. The minimum Gasteiger partial charge on any atom is -0.302 e. The van der Waals surface area contributed by atoms with E-state index in [1.807, 2.05) is 0 Å². The second kappa shape index (κ2) is 4.61. The molecule has 1 rings (SSSR count). The highest BCUT2D eigenvalue weighted by molar-refractivity contribution is 5.52. The minimum absolute atomic E-state index is 0.609. The van der Waals surface area contributed by atoms with Crippen molar-refractivity contribution in [2.75, 3.05) is 13.1 Å². The van der Waals surface area contributed by atoms with Crippen molar-refractivity contribution in [1.82, 2.24) is 4.90 Å². The van der Waals surface area contributed by atoms with E-state index in [0.29, 0.717) is 12.6 Å². The van der Waals surface area contributed by atoms with Crippen molar-refractivity contribution in [3.8, 4) is 0 Å². The first kappa shape index (κ1) is 9.72. The summed E-state index contributed by atoms with van der Waals surface area (Å²) in [5, 5.41) is 0. The maximum atomic E-state index is 10.4. The highest BCUT2D eigenvalue weighted by Crippen LogP contribution is 2.23. The summed E-state index contributed by atoms with van der Waals surface area (Å²) in [6.07, 6.45) is 4.87. The Morgan fingerprint density at radius 3 is 2.83 bits per heavy atom. The van der Waals surface area contributed by atoms with Gasteiger partial charge in [0.1, 0.15) is 6.29 Å². The van der Waals surface area contributed by atoms with Crippen LogP contribution in [0.1, 0.15) is 33.1 Å². The van der Waals surface area contributed by atoms with Gasteiger partial charge in [-0.2, -0.15) is 0 Å². The van der Waals surface area contributed by atoms with E-state index in [0.717, 1.165) is 18.7 Å². The van der Waals surface area contributed by atoms with Gasteiger partial charge in [-0.3, -0.25) is 4.90 Å². The number of carbonyl (C=O) groups is 1. The van der Waals surface area contributed by atoms with E-state index in [9.17, 15) is 4.79 Å². The second-order valence-corrected chi connectivity index (χ2v) is 3.82. The van der Waals surface area contributed by atoms with Gasteiger partial charge >= 0.3 is 0 Å². The van der Waals surface area contributed by atoms with Crippen LogP contribution in [0.25, 0.3) is 0 Å². The van der Waals surface area contributed by atoms with Crippen LogP contribution in [0.3, 0.4) is 0 Å². The van der Waals surface area contributed by atoms with E-state index in [1.165, 1.54) is 19.3 Å². The Morgan fingerprint density at radius 1 is 1.50 bits per heavy atom. The molecule has 1 heterocycles. The summed E-state index contributed by atoms with van der Waals surface area (Å²) in [4.78, 5) is 12.7. The molecule has 0 unspecified atom stereocenters. The summed E-state index contributed by atoms with van der Waals surface area (Å²) in [6.45, 7) is 6.20. The van der Waals surface area contributed by atoms with Crippen LogP contribution in [0.2, 0.25) is 0 Å². The third-order valence-corrected chi connectivity index (χ3v) is 3.00. The monoisotopic (exact) mass is 169 g/mol. The number of rotatable bonds is 3. The molecule has 0 aromatic heterocycles. The Hall–Kier alpha value is -0.370. The molecule has 0 bridgehead atoms. The van der Waals surface area contributed by atoms with Crippen molar-refractivity contribution >= 4 is 6.29 Å². The third-order valence-electron chi connectivity index (χ3n) is 3.00. The fraction of sp³-hybridized carbons (Fsp3) is 0.900. The van der Waals surface area contributed by atoms with Crippen LogP contribution in [-0.4, -0.2) is 30.3 Å². The summed E-state index contributed by atoms with van der Waals surface area (Å²) in [6, 6.07) is 0.609. The molecule has 0 N–H and O–H groups in total. The van der Waals surface area contributed by atoms with Crippen LogP contribution >= 0.6 is 0 Å². The molecule has 0 saturated carbocycles. The van der Waals surface area contributed by atoms with E-state index in [2.05, 4.69) is 18.7 Å². The van der Waals surface area contributed by atoms with Crippen molar-refractivity contribution in [2.45, 2.75) is 39.2 Å². The average Bonchev–Trinajstić information content (AvgIpc) is 2.09. The van der Waals surface area contributed by atoms with E-state index in [1.54, 1.807) is 0 Å². The van der Waals surface area contributed by atoms with Crippen LogP contribution < -0.4 is 0 Å². The number of hydrogen-bond donors (Lipinski definition) is 0. The molecule has 0 amide bonds. The van der Waals surface area contributed by atoms with E-state index in [4.69, 9.17) is 0 Å². The molecule has 12 heavy (non-hydrogen) atoms. The topological polar surface area (TPSA) is 20.3 Å². The highest BCUT2D eigenvalue weighted by Gasteiger charge is 2.23. The Kier molecular flexibility index (Phi) is 3.73. The lowest BCUT2D eigenvalue weighted by Crippen LogP contribution is -2.42. The lowest BCUT2D eigenvalue weighted by molar-refractivity contribution is -0.109. The van der Waals surface area contributed by atoms with Gasteiger partial charge in [-0.05, 0) is 25.7 Å². The largest absolute Gasteiger partial charge is 0.302 e. The molecule has 0 aromatic carbocycles. The number of likely N-dealkylation sites (tertiary alicyclic amines) is 1. The summed E-state index contributed by atoms with van der Waals surface area (Å²) in [5.74, 6) is 0.821. The van der Waals surface area contributed by atoms with Crippen LogP contribution in [0.4, 0.5) is 0 Å².